The third-order valence-corrected chi connectivity index (χ3v) is 4.05. The van der Waals surface area contributed by atoms with Crippen LogP contribution in [0, 0.1) is 0 Å². The second-order valence-corrected chi connectivity index (χ2v) is 5.49. The topological polar surface area (TPSA) is 26.3 Å². The molecule has 0 fully saturated rings. The van der Waals surface area contributed by atoms with Gasteiger partial charge in [-0.2, -0.15) is 22.0 Å². The van der Waals surface area contributed by atoms with Gasteiger partial charge in [0.05, 0.1) is 5.56 Å². The van der Waals surface area contributed by atoms with Crippen molar-refractivity contribution in [3.63, 3.8) is 0 Å². The first kappa shape index (κ1) is 16.4. The van der Waals surface area contributed by atoms with Crippen molar-refractivity contribution in [2.24, 2.45) is 0 Å². The fourth-order valence-electron chi connectivity index (χ4n) is 2.84. The van der Waals surface area contributed by atoms with E-state index in [1.165, 1.54) is 42.5 Å². The van der Waals surface area contributed by atoms with E-state index >= 15 is 0 Å². The molecule has 1 atom stereocenters. The van der Waals surface area contributed by atoms with Crippen LogP contribution in [-0.2, 0) is 16.8 Å². The standard InChI is InChI=1S/C17H11F5O2/c18-16(19,17(20,21)22)15(12-7-2-1-3-8-12)10-11-6-4-5-9-13(11)14(23)24-15/h1-9H,10H2/t15-/m0/s1. The molecule has 2 aromatic rings. The summed E-state index contributed by atoms with van der Waals surface area (Å²) in [6.45, 7) is 0. The number of ether oxygens (including phenoxy) is 1. The summed E-state index contributed by atoms with van der Waals surface area (Å²) in [5.41, 5.74) is -3.48. The van der Waals surface area contributed by atoms with Gasteiger partial charge in [0.15, 0.2) is 0 Å². The van der Waals surface area contributed by atoms with Crippen LogP contribution in [0.5, 0.6) is 0 Å². The molecule has 1 aliphatic rings. The molecule has 1 heterocycles. The lowest BCUT2D eigenvalue weighted by Crippen LogP contribution is -2.59. The van der Waals surface area contributed by atoms with Gasteiger partial charge in [0.2, 0.25) is 5.60 Å². The van der Waals surface area contributed by atoms with Crippen molar-refractivity contribution < 1.29 is 31.5 Å². The van der Waals surface area contributed by atoms with E-state index in [9.17, 15) is 26.7 Å². The van der Waals surface area contributed by atoms with Gasteiger partial charge in [-0.25, -0.2) is 4.79 Å². The lowest BCUT2D eigenvalue weighted by molar-refractivity contribution is -0.345. The Morgan fingerprint density at radius 1 is 0.875 bits per heavy atom. The van der Waals surface area contributed by atoms with Crippen molar-refractivity contribution in [3.8, 4) is 0 Å². The van der Waals surface area contributed by atoms with E-state index in [0.717, 1.165) is 12.1 Å². The first-order valence-electron chi connectivity index (χ1n) is 7.00. The van der Waals surface area contributed by atoms with Crippen molar-refractivity contribution >= 4 is 5.97 Å². The Balaban J connectivity index is 2.25. The number of rotatable bonds is 2. The maximum absolute atomic E-state index is 14.4. The summed E-state index contributed by atoms with van der Waals surface area (Å²) in [5, 5.41) is 0. The first-order valence-corrected chi connectivity index (χ1v) is 7.00. The fourth-order valence-corrected chi connectivity index (χ4v) is 2.84. The fraction of sp³-hybridized carbons (Fsp3) is 0.235. The molecule has 126 valence electrons. The predicted molar refractivity (Wildman–Crippen MR) is 74.7 cm³/mol. The van der Waals surface area contributed by atoms with E-state index in [1.54, 1.807) is 0 Å². The van der Waals surface area contributed by atoms with Gasteiger partial charge in [0, 0.05) is 12.0 Å². The van der Waals surface area contributed by atoms with Crippen molar-refractivity contribution in [2.75, 3.05) is 0 Å². The third kappa shape index (κ3) is 2.26. The van der Waals surface area contributed by atoms with Gasteiger partial charge in [-0.05, 0) is 11.6 Å². The Labute approximate surface area is 133 Å². The minimum atomic E-state index is -5.88. The molecule has 0 radical (unpaired) electrons. The Morgan fingerprint density at radius 3 is 2.08 bits per heavy atom. The molecule has 2 nitrogen and oxygen atoms in total. The smallest absolute Gasteiger partial charge is 0.443 e. The average molecular weight is 342 g/mol. The molecule has 2 aromatic carbocycles. The van der Waals surface area contributed by atoms with Gasteiger partial charge < -0.3 is 4.74 Å². The predicted octanol–water partition coefficient (Wildman–Crippen LogP) is 4.49. The number of carbonyl (C=O) groups excluding carboxylic acids is 1. The van der Waals surface area contributed by atoms with Gasteiger partial charge >= 0.3 is 18.1 Å². The van der Waals surface area contributed by atoms with Crippen LogP contribution in [0.2, 0.25) is 0 Å². The quantitative estimate of drug-likeness (QED) is 0.594. The van der Waals surface area contributed by atoms with Crippen LogP contribution in [0.3, 0.4) is 0 Å². The van der Waals surface area contributed by atoms with E-state index in [1.807, 2.05) is 0 Å². The molecule has 0 amide bonds. The van der Waals surface area contributed by atoms with Gasteiger partial charge in [-0.1, -0.05) is 48.5 Å². The zero-order chi connectivity index (χ0) is 17.6. The van der Waals surface area contributed by atoms with Gasteiger partial charge in [0.1, 0.15) is 0 Å². The Hall–Kier alpha value is -2.44. The lowest BCUT2D eigenvalue weighted by atomic mass is 9.78. The highest BCUT2D eigenvalue weighted by Gasteiger charge is 2.73. The molecule has 1 aliphatic heterocycles. The lowest BCUT2D eigenvalue weighted by Gasteiger charge is -2.43. The number of cyclic esters (lactones) is 1. The van der Waals surface area contributed by atoms with E-state index in [-0.39, 0.29) is 11.1 Å². The summed E-state index contributed by atoms with van der Waals surface area (Å²) in [7, 11) is 0. The molecule has 7 heteroatoms. The Kier molecular flexibility index (Phi) is 3.62. The number of alkyl halides is 5. The Bertz CT molecular complexity index is 770. The molecule has 3 rings (SSSR count). The van der Waals surface area contributed by atoms with Crippen LogP contribution in [-0.4, -0.2) is 18.1 Å². The highest BCUT2D eigenvalue weighted by atomic mass is 19.4. The number of halogens is 5. The van der Waals surface area contributed by atoms with Crippen LogP contribution in [0.25, 0.3) is 0 Å². The third-order valence-electron chi connectivity index (χ3n) is 4.05. The molecule has 0 N–H and O–H groups in total. The largest absolute Gasteiger partial charge is 0.458 e. The zero-order valence-corrected chi connectivity index (χ0v) is 12.1. The second-order valence-electron chi connectivity index (χ2n) is 5.49. The SMILES string of the molecule is O=C1O[C@@](c2ccccc2)(C(F)(F)C(F)(F)F)Cc2ccccc21. The number of benzene rings is 2. The Morgan fingerprint density at radius 2 is 1.46 bits per heavy atom. The van der Waals surface area contributed by atoms with Crippen LogP contribution in [0.4, 0.5) is 22.0 Å². The highest BCUT2D eigenvalue weighted by molar-refractivity contribution is 5.92. The summed E-state index contributed by atoms with van der Waals surface area (Å²) in [4.78, 5) is 12.1. The molecule has 0 saturated carbocycles. The molecule has 0 spiro atoms. The van der Waals surface area contributed by atoms with Crippen molar-refractivity contribution in [2.45, 2.75) is 24.1 Å². The van der Waals surface area contributed by atoms with Gasteiger partial charge in [-0.15, -0.1) is 0 Å². The normalized spacial score (nSPS) is 21.1. The average Bonchev–Trinajstić information content (AvgIpc) is 2.54. The van der Waals surface area contributed by atoms with Gasteiger partial charge in [-0.3, -0.25) is 0 Å². The number of hydrogen-bond acceptors (Lipinski definition) is 2. The van der Waals surface area contributed by atoms with E-state index in [0.29, 0.717) is 0 Å². The van der Waals surface area contributed by atoms with Crippen LogP contribution >= 0.6 is 0 Å². The molecule has 0 saturated heterocycles. The summed E-state index contributed by atoms with van der Waals surface area (Å²) < 4.78 is 72.9. The first-order chi connectivity index (χ1) is 11.2. The number of fused-ring (bicyclic) bond motifs is 1. The molecule has 0 aliphatic carbocycles. The molecular weight excluding hydrogens is 331 g/mol. The monoisotopic (exact) mass is 342 g/mol. The zero-order valence-electron chi connectivity index (χ0n) is 12.1. The van der Waals surface area contributed by atoms with Crippen LogP contribution in [0.1, 0.15) is 21.5 Å². The molecular formula is C17H11F5O2. The number of hydrogen-bond donors (Lipinski definition) is 0. The summed E-state index contributed by atoms with van der Waals surface area (Å²) in [6, 6.07) is 11.9. The maximum Gasteiger partial charge on any atom is 0.458 e. The summed E-state index contributed by atoms with van der Waals surface area (Å²) in [5.74, 6) is -6.46. The van der Waals surface area contributed by atoms with E-state index in [2.05, 4.69) is 0 Å². The van der Waals surface area contributed by atoms with E-state index in [4.69, 9.17) is 4.74 Å². The molecule has 0 bridgehead atoms. The van der Waals surface area contributed by atoms with Crippen LogP contribution in [0.15, 0.2) is 54.6 Å². The molecule has 0 unspecified atom stereocenters. The molecule has 0 aromatic heterocycles. The van der Waals surface area contributed by atoms with E-state index < -0.39 is 35.7 Å². The van der Waals surface area contributed by atoms with Crippen molar-refractivity contribution in [1.82, 2.24) is 0 Å². The summed E-state index contributed by atoms with van der Waals surface area (Å²) in [6.07, 6.45) is -6.65. The minimum Gasteiger partial charge on any atom is -0.443 e. The van der Waals surface area contributed by atoms with Crippen LogP contribution < -0.4 is 0 Å². The minimum absolute atomic E-state index is 0.0120. The number of carbonyl (C=O) groups is 1. The second kappa shape index (κ2) is 5.29. The van der Waals surface area contributed by atoms with Gasteiger partial charge in [0.25, 0.3) is 0 Å². The maximum atomic E-state index is 14.4. The van der Waals surface area contributed by atoms with Crippen molar-refractivity contribution in [1.29, 1.82) is 0 Å². The molecule has 24 heavy (non-hydrogen) atoms. The number of esters is 1. The van der Waals surface area contributed by atoms with Crippen molar-refractivity contribution in [3.05, 3.63) is 71.3 Å². The highest BCUT2D eigenvalue weighted by Crippen LogP contribution is 2.54. The summed E-state index contributed by atoms with van der Waals surface area (Å²) >= 11 is 0.